The van der Waals surface area contributed by atoms with Gasteiger partial charge in [-0.05, 0) is 57.6 Å². The Hall–Kier alpha value is -1.66. The van der Waals surface area contributed by atoms with Gasteiger partial charge in [0.1, 0.15) is 11.6 Å². The average Bonchev–Trinajstić information content (AvgIpc) is 3.08. The van der Waals surface area contributed by atoms with Crippen LogP contribution in [0.5, 0.6) is 0 Å². The van der Waals surface area contributed by atoms with Crippen molar-refractivity contribution in [3.8, 4) is 0 Å². The molecule has 5 nitrogen and oxygen atoms in total. The van der Waals surface area contributed by atoms with E-state index in [9.17, 15) is 4.79 Å². The van der Waals surface area contributed by atoms with Crippen molar-refractivity contribution in [3.63, 3.8) is 0 Å². The summed E-state index contributed by atoms with van der Waals surface area (Å²) >= 11 is 7.25. The molecule has 1 saturated heterocycles. The van der Waals surface area contributed by atoms with Gasteiger partial charge in [0, 0.05) is 30.4 Å². The van der Waals surface area contributed by atoms with E-state index in [4.69, 9.17) is 16.6 Å². The Morgan fingerprint density at radius 1 is 1.23 bits per heavy atom. The van der Waals surface area contributed by atoms with E-state index in [0.717, 1.165) is 50.4 Å². The molecule has 26 heavy (non-hydrogen) atoms. The van der Waals surface area contributed by atoms with Gasteiger partial charge in [-0.1, -0.05) is 11.6 Å². The maximum absolute atomic E-state index is 12.3. The first kappa shape index (κ1) is 17.7. The lowest BCUT2D eigenvalue weighted by Crippen LogP contribution is -2.45. The predicted octanol–water partition coefficient (Wildman–Crippen LogP) is 3.78. The number of thiophene rings is 1. The predicted molar refractivity (Wildman–Crippen MR) is 105 cm³/mol. The maximum Gasteiger partial charge on any atom is 0.261 e. The smallest absolute Gasteiger partial charge is 0.261 e. The molecule has 1 N–H and O–H groups in total. The SMILES string of the molecule is Cc1nc2c(c(N3CCC(NC(=O)c4ccc(Cl)s4)CC3)n1)CCCC2. The lowest BCUT2D eigenvalue weighted by atomic mass is 9.95. The third kappa shape index (κ3) is 3.71. The quantitative estimate of drug-likeness (QED) is 0.866. The summed E-state index contributed by atoms with van der Waals surface area (Å²) in [6.45, 7) is 3.82. The Labute approximate surface area is 162 Å². The number of hydrogen-bond acceptors (Lipinski definition) is 5. The third-order valence-corrected chi connectivity index (χ3v) is 6.43. The summed E-state index contributed by atoms with van der Waals surface area (Å²) in [5, 5.41) is 3.15. The van der Waals surface area contributed by atoms with Gasteiger partial charge in [-0.15, -0.1) is 11.3 Å². The van der Waals surface area contributed by atoms with E-state index in [-0.39, 0.29) is 11.9 Å². The van der Waals surface area contributed by atoms with Gasteiger partial charge in [-0.3, -0.25) is 4.79 Å². The van der Waals surface area contributed by atoms with Gasteiger partial charge in [0.15, 0.2) is 0 Å². The molecular weight excluding hydrogens is 368 g/mol. The molecule has 7 heteroatoms. The molecule has 2 aliphatic rings. The molecule has 0 aromatic carbocycles. The van der Waals surface area contributed by atoms with Crippen LogP contribution in [-0.4, -0.2) is 35.0 Å². The molecule has 1 fully saturated rings. The first-order chi connectivity index (χ1) is 12.6. The van der Waals surface area contributed by atoms with E-state index in [0.29, 0.717) is 9.21 Å². The Bertz CT molecular complexity index is 814. The number of amides is 1. The molecule has 0 radical (unpaired) electrons. The number of piperidine rings is 1. The number of aromatic nitrogens is 2. The van der Waals surface area contributed by atoms with Crippen LogP contribution in [0.1, 0.15) is 52.4 Å². The van der Waals surface area contributed by atoms with E-state index >= 15 is 0 Å². The van der Waals surface area contributed by atoms with Crippen LogP contribution in [-0.2, 0) is 12.8 Å². The Morgan fingerprint density at radius 3 is 2.73 bits per heavy atom. The zero-order valence-electron chi connectivity index (χ0n) is 14.9. The molecule has 2 aromatic rings. The van der Waals surface area contributed by atoms with Crippen molar-refractivity contribution in [2.75, 3.05) is 18.0 Å². The molecule has 0 atom stereocenters. The summed E-state index contributed by atoms with van der Waals surface area (Å²) in [4.78, 5) is 24.8. The number of carbonyl (C=O) groups is 1. The number of fused-ring (bicyclic) bond motifs is 1. The van der Waals surface area contributed by atoms with Gasteiger partial charge < -0.3 is 10.2 Å². The summed E-state index contributed by atoms with van der Waals surface area (Å²) in [5.41, 5.74) is 2.58. The highest BCUT2D eigenvalue weighted by Crippen LogP contribution is 2.30. The molecular formula is C19H23ClN4OS. The number of aryl methyl sites for hydroxylation is 2. The van der Waals surface area contributed by atoms with Crippen LogP contribution in [0, 0.1) is 6.92 Å². The molecule has 0 saturated carbocycles. The second kappa shape index (κ2) is 7.53. The molecule has 0 bridgehead atoms. The van der Waals surface area contributed by atoms with Gasteiger partial charge in [-0.25, -0.2) is 9.97 Å². The monoisotopic (exact) mass is 390 g/mol. The Morgan fingerprint density at radius 2 is 2.00 bits per heavy atom. The normalized spacial score (nSPS) is 17.8. The van der Waals surface area contributed by atoms with Crippen LogP contribution < -0.4 is 10.2 Å². The average molecular weight is 391 g/mol. The minimum Gasteiger partial charge on any atom is -0.356 e. The number of carbonyl (C=O) groups excluding carboxylic acids is 1. The van der Waals surface area contributed by atoms with Crippen molar-refractivity contribution >= 4 is 34.7 Å². The molecule has 1 aliphatic carbocycles. The highest BCUT2D eigenvalue weighted by molar-refractivity contribution is 7.18. The summed E-state index contributed by atoms with van der Waals surface area (Å²) in [7, 11) is 0. The number of hydrogen-bond donors (Lipinski definition) is 1. The summed E-state index contributed by atoms with van der Waals surface area (Å²) in [6, 6.07) is 3.76. The van der Waals surface area contributed by atoms with Crippen LogP contribution in [0.3, 0.4) is 0 Å². The van der Waals surface area contributed by atoms with Crippen molar-refractivity contribution < 1.29 is 4.79 Å². The second-order valence-corrected chi connectivity index (χ2v) is 8.78. The number of nitrogens with one attached hydrogen (secondary N) is 1. The lowest BCUT2D eigenvalue weighted by Gasteiger charge is -2.35. The Balaban J connectivity index is 1.41. The summed E-state index contributed by atoms with van der Waals surface area (Å²) < 4.78 is 0.647. The minimum atomic E-state index is -0.0180. The van der Waals surface area contributed by atoms with Crippen molar-refractivity contribution in [2.45, 2.75) is 51.5 Å². The molecule has 3 heterocycles. The molecule has 0 unspecified atom stereocenters. The van der Waals surface area contributed by atoms with Crippen LogP contribution in [0.4, 0.5) is 5.82 Å². The Kier molecular flexibility index (Phi) is 5.14. The van der Waals surface area contributed by atoms with E-state index < -0.39 is 0 Å². The van der Waals surface area contributed by atoms with Crippen LogP contribution >= 0.6 is 22.9 Å². The van der Waals surface area contributed by atoms with Crippen LogP contribution in [0.25, 0.3) is 0 Å². The number of anilines is 1. The van der Waals surface area contributed by atoms with Gasteiger partial charge in [0.25, 0.3) is 5.91 Å². The van der Waals surface area contributed by atoms with Gasteiger partial charge in [0.2, 0.25) is 0 Å². The fourth-order valence-corrected chi connectivity index (χ4v) is 4.83. The molecule has 0 spiro atoms. The zero-order valence-corrected chi connectivity index (χ0v) is 16.5. The maximum atomic E-state index is 12.3. The minimum absolute atomic E-state index is 0.0180. The van der Waals surface area contributed by atoms with Gasteiger partial charge in [-0.2, -0.15) is 0 Å². The number of rotatable bonds is 3. The third-order valence-electron chi connectivity index (χ3n) is 5.20. The van der Waals surface area contributed by atoms with E-state index in [2.05, 4.69) is 15.2 Å². The van der Waals surface area contributed by atoms with Gasteiger partial charge >= 0.3 is 0 Å². The van der Waals surface area contributed by atoms with Gasteiger partial charge in [0.05, 0.1) is 9.21 Å². The first-order valence-corrected chi connectivity index (χ1v) is 10.5. The number of nitrogens with zero attached hydrogens (tertiary/aromatic N) is 3. The number of halogens is 1. The fourth-order valence-electron chi connectivity index (χ4n) is 3.88. The standard InChI is InChI=1S/C19H23ClN4OS/c1-12-21-15-5-3-2-4-14(15)18(22-12)24-10-8-13(9-11-24)23-19(25)16-6-7-17(20)26-16/h6-7,13H,2-5,8-11H2,1H3,(H,23,25). The largest absolute Gasteiger partial charge is 0.356 e. The summed E-state index contributed by atoms with van der Waals surface area (Å²) in [5.74, 6) is 1.98. The second-order valence-electron chi connectivity index (χ2n) is 7.07. The van der Waals surface area contributed by atoms with Crippen molar-refractivity contribution in [1.82, 2.24) is 15.3 Å². The van der Waals surface area contributed by atoms with Crippen LogP contribution in [0.2, 0.25) is 4.34 Å². The van der Waals surface area contributed by atoms with Crippen molar-refractivity contribution in [2.24, 2.45) is 0 Å². The highest BCUT2D eigenvalue weighted by Gasteiger charge is 2.26. The molecule has 138 valence electrons. The first-order valence-electron chi connectivity index (χ1n) is 9.27. The summed E-state index contributed by atoms with van der Waals surface area (Å²) in [6.07, 6.45) is 6.47. The zero-order chi connectivity index (χ0) is 18.1. The van der Waals surface area contributed by atoms with Crippen LogP contribution in [0.15, 0.2) is 12.1 Å². The van der Waals surface area contributed by atoms with E-state index in [1.54, 1.807) is 12.1 Å². The molecule has 4 rings (SSSR count). The van der Waals surface area contributed by atoms with E-state index in [1.807, 2.05) is 6.92 Å². The topological polar surface area (TPSA) is 58.1 Å². The lowest BCUT2D eigenvalue weighted by molar-refractivity contribution is 0.0935. The van der Waals surface area contributed by atoms with E-state index in [1.165, 1.54) is 35.4 Å². The molecule has 2 aromatic heterocycles. The highest BCUT2D eigenvalue weighted by atomic mass is 35.5. The molecule has 1 aliphatic heterocycles. The van der Waals surface area contributed by atoms with Crippen molar-refractivity contribution in [1.29, 1.82) is 0 Å². The van der Waals surface area contributed by atoms with Crippen molar-refractivity contribution in [3.05, 3.63) is 38.4 Å². The molecule has 1 amide bonds. The fraction of sp³-hybridized carbons (Fsp3) is 0.526.